The van der Waals surface area contributed by atoms with Gasteiger partial charge in [0.05, 0.1) is 20.2 Å². The van der Waals surface area contributed by atoms with Crippen LogP contribution in [-0.2, 0) is 4.79 Å². The van der Waals surface area contributed by atoms with E-state index in [4.69, 9.17) is 14.2 Å². The Labute approximate surface area is 141 Å². The molecule has 0 spiro atoms. The Balaban J connectivity index is 1.43. The molecule has 0 aliphatic carbocycles. The molecule has 0 radical (unpaired) electrons. The maximum atomic E-state index is 12.1. The second-order valence-corrected chi connectivity index (χ2v) is 5.62. The van der Waals surface area contributed by atoms with Crippen molar-refractivity contribution in [2.24, 2.45) is 0 Å². The van der Waals surface area contributed by atoms with E-state index in [0.29, 0.717) is 30.5 Å². The third kappa shape index (κ3) is 3.95. The lowest BCUT2D eigenvalue weighted by Gasteiger charge is -2.38. The topological polar surface area (TPSA) is 60.9 Å². The number of benzene rings is 1. The van der Waals surface area contributed by atoms with Crippen molar-refractivity contribution in [2.75, 3.05) is 26.8 Å². The number of pyridine rings is 1. The van der Waals surface area contributed by atoms with Crippen LogP contribution in [0.25, 0.3) is 0 Å². The van der Waals surface area contributed by atoms with Crippen LogP contribution in [-0.4, -0.2) is 48.7 Å². The summed E-state index contributed by atoms with van der Waals surface area (Å²) in [6.45, 7) is 3.02. The molecule has 6 nitrogen and oxygen atoms in total. The zero-order chi connectivity index (χ0) is 16.9. The van der Waals surface area contributed by atoms with Crippen LogP contribution in [0.3, 0.4) is 0 Å². The lowest BCUT2D eigenvalue weighted by Crippen LogP contribution is -2.57. The molecule has 3 rings (SSSR count). The number of aromatic nitrogens is 1. The first-order valence-electron chi connectivity index (χ1n) is 7.79. The fourth-order valence-electron chi connectivity index (χ4n) is 2.40. The smallest absolute Gasteiger partial charge is 0.260 e. The zero-order valence-electron chi connectivity index (χ0n) is 13.8. The van der Waals surface area contributed by atoms with Crippen LogP contribution < -0.4 is 14.2 Å². The molecule has 1 saturated heterocycles. The van der Waals surface area contributed by atoms with E-state index in [1.165, 1.54) is 0 Å². The van der Waals surface area contributed by atoms with Gasteiger partial charge in [-0.25, -0.2) is 4.98 Å². The molecule has 0 unspecified atom stereocenters. The Morgan fingerprint density at radius 3 is 2.71 bits per heavy atom. The number of ether oxygens (including phenoxy) is 3. The largest absolute Gasteiger partial charge is 0.497 e. The van der Waals surface area contributed by atoms with Crippen molar-refractivity contribution in [1.29, 1.82) is 0 Å². The van der Waals surface area contributed by atoms with Crippen LogP contribution in [0.4, 0.5) is 0 Å². The number of hydrogen-bond acceptors (Lipinski definition) is 5. The number of carbonyl (C=O) groups excluding carboxylic acids is 1. The predicted octanol–water partition coefficient (Wildman–Crippen LogP) is 2.07. The SMILES string of the molecule is COc1cccc(OCC(=O)N2CC(Oc3cccc(C)n3)C2)c1. The summed E-state index contributed by atoms with van der Waals surface area (Å²) in [6.07, 6.45) is -0.0138. The molecular formula is C18H20N2O4. The van der Waals surface area contributed by atoms with Crippen molar-refractivity contribution >= 4 is 5.91 Å². The van der Waals surface area contributed by atoms with E-state index in [1.807, 2.05) is 37.3 Å². The summed E-state index contributed by atoms with van der Waals surface area (Å²) in [5.41, 5.74) is 0.909. The normalized spacial score (nSPS) is 14.0. The van der Waals surface area contributed by atoms with Crippen molar-refractivity contribution in [2.45, 2.75) is 13.0 Å². The van der Waals surface area contributed by atoms with Crippen molar-refractivity contribution in [3.63, 3.8) is 0 Å². The van der Waals surface area contributed by atoms with E-state index in [-0.39, 0.29) is 18.6 Å². The first-order valence-corrected chi connectivity index (χ1v) is 7.79. The van der Waals surface area contributed by atoms with Crippen molar-refractivity contribution in [3.8, 4) is 17.4 Å². The molecule has 1 aliphatic rings. The summed E-state index contributed by atoms with van der Waals surface area (Å²) in [5.74, 6) is 1.85. The number of methoxy groups -OCH3 is 1. The number of hydrogen-bond donors (Lipinski definition) is 0. The second kappa shape index (κ2) is 7.21. The van der Waals surface area contributed by atoms with Gasteiger partial charge in [0.2, 0.25) is 5.88 Å². The number of rotatable bonds is 6. The van der Waals surface area contributed by atoms with Gasteiger partial charge < -0.3 is 19.1 Å². The molecule has 1 aromatic carbocycles. The van der Waals surface area contributed by atoms with Crippen LogP contribution >= 0.6 is 0 Å². The number of carbonyl (C=O) groups is 1. The van der Waals surface area contributed by atoms with E-state index in [2.05, 4.69) is 4.98 Å². The van der Waals surface area contributed by atoms with Gasteiger partial charge in [-0.15, -0.1) is 0 Å². The number of nitrogens with zero attached hydrogens (tertiary/aromatic N) is 2. The van der Waals surface area contributed by atoms with Gasteiger partial charge in [0.1, 0.15) is 17.6 Å². The molecule has 1 amide bonds. The first kappa shape index (κ1) is 16.1. The van der Waals surface area contributed by atoms with Crippen LogP contribution in [0, 0.1) is 6.92 Å². The van der Waals surface area contributed by atoms with Gasteiger partial charge >= 0.3 is 0 Å². The number of aryl methyl sites for hydroxylation is 1. The minimum absolute atomic E-state index is 0.00256. The highest BCUT2D eigenvalue weighted by atomic mass is 16.5. The van der Waals surface area contributed by atoms with Crippen molar-refractivity contribution < 1.29 is 19.0 Å². The minimum Gasteiger partial charge on any atom is -0.497 e. The van der Waals surface area contributed by atoms with E-state index < -0.39 is 0 Å². The summed E-state index contributed by atoms with van der Waals surface area (Å²) >= 11 is 0. The van der Waals surface area contributed by atoms with Gasteiger partial charge in [0.25, 0.3) is 5.91 Å². The molecule has 0 N–H and O–H groups in total. The van der Waals surface area contributed by atoms with Crippen molar-refractivity contribution in [3.05, 3.63) is 48.2 Å². The quantitative estimate of drug-likeness (QED) is 0.812. The van der Waals surface area contributed by atoms with Crippen LogP contribution in [0.1, 0.15) is 5.69 Å². The van der Waals surface area contributed by atoms with Gasteiger partial charge in [-0.3, -0.25) is 4.79 Å². The fraction of sp³-hybridized carbons (Fsp3) is 0.333. The molecule has 1 aromatic heterocycles. The molecule has 2 heterocycles. The lowest BCUT2D eigenvalue weighted by atomic mass is 10.1. The Morgan fingerprint density at radius 1 is 1.21 bits per heavy atom. The minimum atomic E-state index is -0.0603. The zero-order valence-corrected chi connectivity index (χ0v) is 13.8. The highest BCUT2D eigenvalue weighted by Crippen LogP contribution is 2.20. The van der Waals surface area contributed by atoms with E-state index in [1.54, 1.807) is 24.1 Å². The molecule has 24 heavy (non-hydrogen) atoms. The second-order valence-electron chi connectivity index (χ2n) is 5.62. The van der Waals surface area contributed by atoms with E-state index in [0.717, 1.165) is 5.69 Å². The van der Waals surface area contributed by atoms with Gasteiger partial charge in [-0.05, 0) is 25.1 Å². The Hall–Kier alpha value is -2.76. The summed E-state index contributed by atoms with van der Waals surface area (Å²) in [5, 5.41) is 0. The summed E-state index contributed by atoms with van der Waals surface area (Å²) in [6, 6.07) is 12.8. The Bertz CT molecular complexity index is 714. The summed E-state index contributed by atoms with van der Waals surface area (Å²) in [7, 11) is 1.59. The van der Waals surface area contributed by atoms with E-state index >= 15 is 0 Å². The van der Waals surface area contributed by atoms with Gasteiger partial charge in [0.15, 0.2) is 6.61 Å². The average molecular weight is 328 g/mol. The average Bonchev–Trinajstić information content (AvgIpc) is 2.56. The van der Waals surface area contributed by atoms with Crippen LogP contribution in [0.2, 0.25) is 0 Å². The lowest BCUT2D eigenvalue weighted by molar-refractivity contribution is -0.142. The first-order chi connectivity index (χ1) is 11.6. The highest BCUT2D eigenvalue weighted by molar-refractivity contribution is 5.78. The summed E-state index contributed by atoms with van der Waals surface area (Å²) in [4.78, 5) is 18.1. The molecular weight excluding hydrogens is 308 g/mol. The van der Waals surface area contributed by atoms with Gasteiger partial charge in [0, 0.05) is 17.8 Å². The molecule has 1 aliphatic heterocycles. The number of amides is 1. The Kier molecular flexibility index (Phi) is 4.84. The van der Waals surface area contributed by atoms with Gasteiger partial charge in [-0.1, -0.05) is 12.1 Å². The predicted molar refractivity (Wildman–Crippen MR) is 88.5 cm³/mol. The fourth-order valence-corrected chi connectivity index (χ4v) is 2.40. The maximum Gasteiger partial charge on any atom is 0.260 e. The van der Waals surface area contributed by atoms with Crippen LogP contribution in [0.5, 0.6) is 17.4 Å². The van der Waals surface area contributed by atoms with E-state index in [9.17, 15) is 4.79 Å². The van der Waals surface area contributed by atoms with Crippen LogP contribution in [0.15, 0.2) is 42.5 Å². The molecule has 0 saturated carbocycles. The third-order valence-electron chi connectivity index (χ3n) is 3.75. The maximum absolute atomic E-state index is 12.1. The monoisotopic (exact) mass is 328 g/mol. The standard InChI is InChI=1S/C18H20N2O4/c1-13-5-3-8-17(19-13)24-16-10-20(11-16)18(21)12-23-15-7-4-6-14(9-15)22-2/h3-9,16H,10-12H2,1-2H3. The Morgan fingerprint density at radius 2 is 1.96 bits per heavy atom. The molecule has 0 atom stereocenters. The number of likely N-dealkylation sites (tertiary alicyclic amines) is 1. The molecule has 2 aromatic rings. The van der Waals surface area contributed by atoms with Crippen molar-refractivity contribution in [1.82, 2.24) is 9.88 Å². The highest BCUT2D eigenvalue weighted by Gasteiger charge is 2.32. The summed E-state index contributed by atoms with van der Waals surface area (Å²) < 4.78 is 16.4. The van der Waals surface area contributed by atoms with Gasteiger partial charge in [-0.2, -0.15) is 0 Å². The molecule has 6 heteroatoms. The molecule has 126 valence electrons. The molecule has 0 bridgehead atoms. The third-order valence-corrected chi connectivity index (χ3v) is 3.75. The molecule has 1 fully saturated rings.